The van der Waals surface area contributed by atoms with Gasteiger partial charge < -0.3 is 14.5 Å². The van der Waals surface area contributed by atoms with Crippen LogP contribution in [0.15, 0.2) is 79.1 Å². The minimum absolute atomic E-state index is 0.0862. The lowest BCUT2D eigenvalue weighted by atomic mass is 10.0. The molecule has 1 aromatic heterocycles. The number of amides is 1. The van der Waals surface area contributed by atoms with Crippen molar-refractivity contribution in [3.63, 3.8) is 0 Å². The summed E-state index contributed by atoms with van der Waals surface area (Å²) in [6.07, 6.45) is 1.60. The van der Waals surface area contributed by atoms with Crippen molar-refractivity contribution in [3.8, 4) is 17.0 Å². The zero-order chi connectivity index (χ0) is 21.9. The molecule has 1 saturated heterocycles. The fraction of sp³-hybridized carbons (Fsp3) is 0.192. The largest absolute Gasteiger partial charge is 0.497 e. The summed E-state index contributed by atoms with van der Waals surface area (Å²) in [4.78, 5) is 26.3. The number of carbonyl (C=O) groups excluding carboxylic acids is 1. The molecule has 5 rings (SSSR count). The average molecular weight is 425 g/mol. The average Bonchev–Trinajstić information content (AvgIpc) is 2.88. The topological polar surface area (TPSA) is 58.6 Å². The van der Waals surface area contributed by atoms with E-state index in [4.69, 9.17) is 4.74 Å². The minimum Gasteiger partial charge on any atom is -0.497 e. The van der Waals surface area contributed by atoms with Gasteiger partial charge in [0.2, 0.25) is 0 Å². The first-order valence-corrected chi connectivity index (χ1v) is 10.7. The first-order valence-electron chi connectivity index (χ1n) is 10.7. The molecular formula is C26H24N4O2. The van der Waals surface area contributed by atoms with Crippen molar-refractivity contribution >= 4 is 22.5 Å². The zero-order valence-corrected chi connectivity index (χ0v) is 17.9. The number of aromatic nitrogens is 2. The molecule has 0 atom stereocenters. The smallest absolute Gasteiger partial charge is 0.254 e. The molecule has 0 N–H and O–H groups in total. The number of ether oxygens (including phenoxy) is 1. The molecule has 32 heavy (non-hydrogen) atoms. The van der Waals surface area contributed by atoms with Gasteiger partial charge in [0, 0.05) is 43.4 Å². The van der Waals surface area contributed by atoms with Crippen LogP contribution in [0.3, 0.4) is 0 Å². The van der Waals surface area contributed by atoms with Crippen LogP contribution < -0.4 is 9.64 Å². The van der Waals surface area contributed by atoms with E-state index in [1.165, 1.54) is 0 Å². The van der Waals surface area contributed by atoms with Crippen LogP contribution in [0, 0.1) is 0 Å². The van der Waals surface area contributed by atoms with Crippen LogP contribution in [0.5, 0.6) is 5.75 Å². The molecule has 0 spiro atoms. The van der Waals surface area contributed by atoms with E-state index < -0.39 is 0 Å². The molecule has 160 valence electrons. The Labute approximate surface area is 187 Å². The molecule has 0 saturated carbocycles. The van der Waals surface area contributed by atoms with Gasteiger partial charge in [0.25, 0.3) is 5.91 Å². The Hall–Kier alpha value is -3.93. The first kappa shape index (κ1) is 20.0. The quantitative estimate of drug-likeness (QED) is 0.490. The van der Waals surface area contributed by atoms with E-state index in [9.17, 15) is 4.79 Å². The highest BCUT2D eigenvalue weighted by Crippen LogP contribution is 2.25. The van der Waals surface area contributed by atoms with E-state index in [0.29, 0.717) is 13.1 Å². The lowest BCUT2D eigenvalue weighted by Crippen LogP contribution is -2.49. The number of fused-ring (bicyclic) bond motifs is 1. The van der Waals surface area contributed by atoms with E-state index in [2.05, 4.69) is 14.9 Å². The third-order valence-electron chi connectivity index (χ3n) is 5.95. The van der Waals surface area contributed by atoms with Crippen LogP contribution in [-0.4, -0.2) is 54.1 Å². The Morgan fingerprint density at radius 3 is 2.41 bits per heavy atom. The van der Waals surface area contributed by atoms with E-state index in [1.54, 1.807) is 13.4 Å². The molecule has 4 aromatic rings. The predicted octanol–water partition coefficient (Wildman–Crippen LogP) is 4.27. The summed E-state index contributed by atoms with van der Waals surface area (Å²) in [5.74, 6) is 1.78. The first-order chi connectivity index (χ1) is 15.7. The van der Waals surface area contributed by atoms with E-state index >= 15 is 0 Å². The van der Waals surface area contributed by atoms with Crippen molar-refractivity contribution in [2.24, 2.45) is 0 Å². The van der Waals surface area contributed by atoms with E-state index in [1.807, 2.05) is 77.7 Å². The van der Waals surface area contributed by atoms with Crippen molar-refractivity contribution in [1.29, 1.82) is 0 Å². The third kappa shape index (κ3) is 3.87. The highest BCUT2D eigenvalue weighted by Gasteiger charge is 2.24. The van der Waals surface area contributed by atoms with Gasteiger partial charge in [-0.3, -0.25) is 4.79 Å². The molecule has 1 amide bonds. The molecule has 1 fully saturated rings. The van der Waals surface area contributed by atoms with Crippen molar-refractivity contribution in [3.05, 3.63) is 84.7 Å². The Morgan fingerprint density at radius 2 is 1.62 bits per heavy atom. The number of carbonyl (C=O) groups is 1. The Morgan fingerprint density at radius 1 is 0.875 bits per heavy atom. The summed E-state index contributed by atoms with van der Waals surface area (Å²) in [6.45, 7) is 2.78. The van der Waals surface area contributed by atoms with Crippen LogP contribution in [0.2, 0.25) is 0 Å². The second-order valence-corrected chi connectivity index (χ2v) is 7.80. The second kappa shape index (κ2) is 8.67. The van der Waals surface area contributed by atoms with Crippen LogP contribution in [0.25, 0.3) is 22.0 Å². The van der Waals surface area contributed by atoms with Crippen LogP contribution in [0.1, 0.15) is 10.4 Å². The van der Waals surface area contributed by atoms with E-state index in [0.717, 1.165) is 52.3 Å². The van der Waals surface area contributed by atoms with Crippen LogP contribution in [0.4, 0.5) is 5.82 Å². The minimum atomic E-state index is 0.0862. The van der Waals surface area contributed by atoms with Crippen molar-refractivity contribution < 1.29 is 9.53 Å². The normalized spacial score (nSPS) is 13.9. The van der Waals surface area contributed by atoms with Gasteiger partial charge in [0.05, 0.1) is 12.8 Å². The van der Waals surface area contributed by atoms with Gasteiger partial charge in [-0.05, 0) is 41.1 Å². The summed E-state index contributed by atoms with van der Waals surface area (Å²) in [6, 6.07) is 23.8. The molecule has 6 nitrogen and oxygen atoms in total. The number of hydrogen-bond donors (Lipinski definition) is 0. The van der Waals surface area contributed by atoms with Crippen LogP contribution >= 0.6 is 0 Å². The summed E-state index contributed by atoms with van der Waals surface area (Å²) in [5.41, 5.74) is 2.64. The maximum Gasteiger partial charge on any atom is 0.254 e. The van der Waals surface area contributed by atoms with Gasteiger partial charge >= 0.3 is 0 Å². The maximum atomic E-state index is 13.2. The summed E-state index contributed by atoms with van der Waals surface area (Å²) >= 11 is 0. The number of hydrogen-bond acceptors (Lipinski definition) is 5. The fourth-order valence-corrected chi connectivity index (χ4v) is 4.16. The highest BCUT2D eigenvalue weighted by atomic mass is 16.5. The summed E-state index contributed by atoms with van der Waals surface area (Å²) in [7, 11) is 1.66. The number of methoxy groups -OCH3 is 1. The molecular weight excluding hydrogens is 400 g/mol. The SMILES string of the molecule is COc1ccc(-c2cc(N3CCN(C(=O)c4cccc5ccccc45)CC3)ncn2)cc1. The lowest BCUT2D eigenvalue weighted by Gasteiger charge is -2.35. The zero-order valence-electron chi connectivity index (χ0n) is 17.9. The highest BCUT2D eigenvalue weighted by molar-refractivity contribution is 6.07. The predicted molar refractivity (Wildman–Crippen MR) is 126 cm³/mol. The van der Waals surface area contributed by atoms with Gasteiger partial charge in [-0.15, -0.1) is 0 Å². The van der Waals surface area contributed by atoms with Crippen molar-refractivity contribution in [2.45, 2.75) is 0 Å². The molecule has 0 aliphatic carbocycles. The molecule has 3 aromatic carbocycles. The standard InChI is InChI=1S/C26H24N4O2/c1-32-21-11-9-20(10-12-21)24-17-25(28-18-27-24)29-13-15-30(16-14-29)26(31)23-8-4-6-19-5-2-3-7-22(19)23/h2-12,17-18H,13-16H2,1H3. The molecule has 2 heterocycles. The molecule has 1 aliphatic rings. The molecule has 1 aliphatic heterocycles. The van der Waals surface area contributed by atoms with E-state index in [-0.39, 0.29) is 5.91 Å². The number of piperazine rings is 1. The van der Waals surface area contributed by atoms with Gasteiger partial charge in [0.1, 0.15) is 17.9 Å². The summed E-state index contributed by atoms with van der Waals surface area (Å²) < 4.78 is 5.24. The van der Waals surface area contributed by atoms with Gasteiger partial charge in [0.15, 0.2) is 0 Å². The summed E-state index contributed by atoms with van der Waals surface area (Å²) in [5, 5.41) is 2.09. The fourth-order valence-electron chi connectivity index (χ4n) is 4.16. The van der Waals surface area contributed by atoms with Gasteiger partial charge in [-0.25, -0.2) is 9.97 Å². The third-order valence-corrected chi connectivity index (χ3v) is 5.95. The molecule has 0 radical (unpaired) electrons. The Balaban J connectivity index is 1.30. The number of anilines is 1. The number of rotatable bonds is 4. The number of nitrogens with zero attached hydrogens (tertiary/aromatic N) is 4. The van der Waals surface area contributed by atoms with Gasteiger partial charge in [-0.1, -0.05) is 36.4 Å². The molecule has 0 unspecified atom stereocenters. The molecule has 0 bridgehead atoms. The molecule has 6 heteroatoms. The second-order valence-electron chi connectivity index (χ2n) is 7.80. The Kier molecular flexibility index (Phi) is 5.42. The van der Waals surface area contributed by atoms with Gasteiger partial charge in [-0.2, -0.15) is 0 Å². The van der Waals surface area contributed by atoms with Crippen LogP contribution in [-0.2, 0) is 0 Å². The number of benzene rings is 3. The maximum absolute atomic E-state index is 13.2. The van der Waals surface area contributed by atoms with Crippen molar-refractivity contribution in [2.75, 3.05) is 38.2 Å². The van der Waals surface area contributed by atoms with Crippen molar-refractivity contribution in [1.82, 2.24) is 14.9 Å². The monoisotopic (exact) mass is 424 g/mol. The lowest BCUT2D eigenvalue weighted by molar-refractivity contribution is 0.0748. The Bertz CT molecular complexity index is 1240.